The fourth-order valence-corrected chi connectivity index (χ4v) is 5.84. The number of nitrogens with zero attached hydrogens (tertiary/aromatic N) is 1. The average molecular weight is 536 g/mol. The predicted molar refractivity (Wildman–Crippen MR) is 172 cm³/mol. The molecule has 202 valence electrons. The number of primary amides is 1. The van der Waals surface area contributed by atoms with Crippen molar-refractivity contribution in [3.8, 4) is 0 Å². The van der Waals surface area contributed by atoms with E-state index < -0.39 is 12.2 Å². The number of para-hydroxylation sites is 1. The number of benzene rings is 5. The zero-order valence-electron chi connectivity index (χ0n) is 23.0. The van der Waals surface area contributed by atoms with Crippen molar-refractivity contribution in [2.24, 2.45) is 5.73 Å². The van der Waals surface area contributed by atoms with Gasteiger partial charge in [-0.3, -0.25) is 0 Å². The molecule has 0 unspecified atom stereocenters. The third kappa shape index (κ3) is 6.20. The summed E-state index contributed by atoms with van der Waals surface area (Å²) in [6.07, 6.45) is 0.776. The number of urea groups is 1. The number of aromatic nitrogens is 1. The average Bonchev–Trinajstić information content (AvgIpc) is 3.04. The van der Waals surface area contributed by atoms with Crippen molar-refractivity contribution in [1.82, 2.24) is 5.32 Å². The maximum atomic E-state index is 10.6. The highest BCUT2D eigenvalue weighted by atomic mass is 16.2. The fraction of sp³-hybridized carbons (Fsp3) is 0.0556. The Bertz CT molecular complexity index is 1510. The van der Waals surface area contributed by atoms with E-state index in [-0.39, 0.29) is 0 Å². The number of carbonyl (C=O) groups excluding carboxylic acids is 1. The monoisotopic (exact) mass is 535 g/mol. The number of hydrogen-bond acceptors (Lipinski definition) is 1. The number of rotatable bonds is 7. The number of carbonyl (C=O) groups is 1. The Balaban J connectivity index is 0.000000182. The van der Waals surface area contributed by atoms with Crippen molar-refractivity contribution in [3.63, 3.8) is 0 Å². The van der Waals surface area contributed by atoms with Gasteiger partial charge in [-0.2, -0.15) is 26.4 Å². The highest BCUT2D eigenvalue weighted by Crippen LogP contribution is 2.09. The van der Waals surface area contributed by atoms with Crippen LogP contribution in [0.4, 0.5) is 4.79 Å². The maximum Gasteiger partial charge on any atom is 0.312 e. The molecule has 0 radical (unpaired) electrons. The minimum atomic E-state index is -1.22. The smallest absolute Gasteiger partial charge is 0.312 e. The molecule has 2 amide bonds. The Morgan fingerprint density at radius 2 is 0.951 bits per heavy atom. The van der Waals surface area contributed by atoms with Crippen molar-refractivity contribution in [2.75, 3.05) is 6.54 Å². The Hall–Kier alpha value is -5.16. The summed E-state index contributed by atoms with van der Waals surface area (Å²) in [6, 6.07) is 55.2. The first-order chi connectivity index (χ1) is 20.2. The predicted octanol–water partition coefficient (Wildman–Crippen LogP) is 3.86. The van der Waals surface area contributed by atoms with E-state index in [1.165, 1.54) is 27.2 Å². The van der Waals surface area contributed by atoms with Crippen LogP contribution in [0, 0.1) is 0 Å². The Morgan fingerprint density at radius 1 is 0.561 bits per heavy atom. The van der Waals surface area contributed by atoms with Crippen LogP contribution in [0.3, 0.4) is 0 Å². The lowest BCUT2D eigenvalue weighted by Crippen LogP contribution is -2.74. The minimum absolute atomic E-state index is 0.485. The van der Waals surface area contributed by atoms with Gasteiger partial charge in [0.2, 0.25) is 5.52 Å². The molecule has 5 aromatic carbocycles. The number of pyridine rings is 1. The molecule has 41 heavy (non-hydrogen) atoms. The number of amides is 2. The fourth-order valence-electron chi connectivity index (χ4n) is 5.84. The van der Waals surface area contributed by atoms with E-state index >= 15 is 0 Å². The van der Waals surface area contributed by atoms with Crippen LogP contribution in [0.15, 0.2) is 164 Å². The quantitative estimate of drug-likeness (QED) is 0.237. The second-order valence-electron chi connectivity index (χ2n) is 10.1. The van der Waals surface area contributed by atoms with Gasteiger partial charge in [-0.15, -0.1) is 0 Å². The van der Waals surface area contributed by atoms with Crippen LogP contribution in [0.1, 0.15) is 0 Å². The Labute approximate surface area is 242 Å². The van der Waals surface area contributed by atoms with Gasteiger partial charge in [-0.05, 0) is 12.1 Å². The molecule has 3 N–H and O–H groups in total. The molecule has 0 bridgehead atoms. The van der Waals surface area contributed by atoms with Crippen molar-refractivity contribution in [1.29, 1.82) is 0 Å². The lowest BCUT2D eigenvalue weighted by Gasteiger charge is -2.44. The summed E-state index contributed by atoms with van der Waals surface area (Å²) in [7, 11) is 0. The number of nitrogens with one attached hydrogen (secondary N) is 1. The van der Waals surface area contributed by atoms with E-state index in [1.807, 2.05) is 24.4 Å². The molecule has 0 saturated carbocycles. The van der Waals surface area contributed by atoms with E-state index in [9.17, 15) is 4.79 Å². The third-order valence-electron chi connectivity index (χ3n) is 7.64. The van der Waals surface area contributed by atoms with Gasteiger partial charge < -0.3 is 11.1 Å². The normalized spacial score (nSPS) is 10.8. The molecule has 0 atom stereocenters. The molecule has 1 heterocycles. The van der Waals surface area contributed by atoms with E-state index in [2.05, 4.69) is 149 Å². The van der Waals surface area contributed by atoms with Crippen LogP contribution in [0.5, 0.6) is 0 Å². The van der Waals surface area contributed by atoms with Crippen molar-refractivity contribution in [3.05, 3.63) is 164 Å². The van der Waals surface area contributed by atoms with Crippen LogP contribution in [0.2, 0.25) is 0 Å². The zero-order chi connectivity index (χ0) is 28.3. The first-order valence-electron chi connectivity index (χ1n) is 14.0. The first kappa shape index (κ1) is 27.4. The van der Waals surface area contributed by atoms with E-state index in [4.69, 9.17) is 5.73 Å². The molecule has 0 aliphatic heterocycles. The summed E-state index contributed by atoms with van der Waals surface area (Å²) in [5.74, 6) is 0. The Morgan fingerprint density at radius 3 is 1.39 bits per heavy atom. The summed E-state index contributed by atoms with van der Waals surface area (Å²) in [4.78, 5) is 10.6. The van der Waals surface area contributed by atoms with Crippen LogP contribution >= 0.6 is 0 Å². The molecule has 0 saturated heterocycles. The molecule has 1 aromatic heterocycles. The molecule has 0 spiro atoms. The molecule has 6 rings (SSSR count). The lowest BCUT2D eigenvalue weighted by molar-refractivity contribution is -0.669. The van der Waals surface area contributed by atoms with Gasteiger partial charge in [-0.25, -0.2) is 4.79 Å². The number of hydrogen-bond donors (Lipinski definition) is 2. The molecule has 0 fully saturated rings. The van der Waals surface area contributed by atoms with Gasteiger partial charge in [-0.1, -0.05) is 133 Å². The summed E-state index contributed by atoms with van der Waals surface area (Å²) < 4.78 is 2.09. The summed E-state index contributed by atoms with van der Waals surface area (Å²) in [5, 5.41) is 3.76. The number of nitrogens with two attached hydrogens (primary N) is 1. The van der Waals surface area contributed by atoms with Gasteiger partial charge in [0, 0.05) is 17.5 Å². The first-order valence-corrected chi connectivity index (χ1v) is 14.0. The molecular formula is C36H34BN3O. The zero-order valence-corrected chi connectivity index (χ0v) is 23.0. The molecule has 0 aliphatic rings. The second-order valence-corrected chi connectivity index (χ2v) is 10.1. The van der Waals surface area contributed by atoms with Crippen molar-refractivity contribution >= 4 is 44.9 Å². The highest BCUT2D eigenvalue weighted by Gasteiger charge is 2.31. The summed E-state index contributed by atoms with van der Waals surface area (Å²) in [5.41, 5.74) is 11.5. The third-order valence-corrected chi connectivity index (χ3v) is 7.64. The molecule has 4 nitrogen and oxygen atoms in total. The highest BCUT2D eigenvalue weighted by molar-refractivity contribution is 7.19. The van der Waals surface area contributed by atoms with E-state index in [1.54, 1.807) is 0 Å². The van der Waals surface area contributed by atoms with Gasteiger partial charge in [0.25, 0.3) is 0 Å². The molecule has 6 aromatic rings. The van der Waals surface area contributed by atoms with Crippen LogP contribution in [-0.2, 0) is 6.54 Å². The standard InChI is InChI=1S/C24H20B.C12H13N3O/c1-5-13-21(14-6-1)25(22-15-7-2-8-16-22,23-17-9-3-10-18-23)24-19-11-4-12-20-24;13-12(16)14-7-9-15-8-3-5-10-4-1-2-6-11(10)15/h1-20H;1-6,8H,7,9H2,(H2-,13,14,16)/q-1;/p+1. The summed E-state index contributed by atoms with van der Waals surface area (Å²) in [6.45, 7) is 1.25. The SMILES string of the molecule is NC(=O)NCC[n+]1cccc2ccccc21.c1ccc([B-](c2ccccc2)(c2ccccc2)c2ccccc2)cc1. The molecule has 0 aliphatic carbocycles. The summed E-state index contributed by atoms with van der Waals surface area (Å²) >= 11 is 0. The van der Waals surface area contributed by atoms with Gasteiger partial charge in [0.05, 0.1) is 6.54 Å². The Kier molecular flexibility index (Phi) is 8.87. The molecule has 5 heteroatoms. The van der Waals surface area contributed by atoms with Crippen LogP contribution < -0.4 is 37.5 Å². The van der Waals surface area contributed by atoms with Crippen molar-refractivity contribution < 1.29 is 9.36 Å². The lowest BCUT2D eigenvalue weighted by atomic mass is 9.13. The van der Waals surface area contributed by atoms with Gasteiger partial charge in [0.15, 0.2) is 12.7 Å². The second kappa shape index (κ2) is 13.3. The topological polar surface area (TPSA) is 59.0 Å². The number of fused-ring (bicyclic) bond motifs is 1. The van der Waals surface area contributed by atoms with Crippen LogP contribution in [0.25, 0.3) is 10.9 Å². The van der Waals surface area contributed by atoms with Gasteiger partial charge in [0.1, 0.15) is 6.15 Å². The van der Waals surface area contributed by atoms with Crippen molar-refractivity contribution in [2.45, 2.75) is 6.54 Å². The minimum Gasteiger partial charge on any atom is -0.352 e. The van der Waals surface area contributed by atoms with E-state index in [0.29, 0.717) is 13.1 Å². The van der Waals surface area contributed by atoms with Crippen LogP contribution in [-0.4, -0.2) is 18.7 Å². The van der Waals surface area contributed by atoms with E-state index in [0.717, 1.165) is 5.52 Å². The van der Waals surface area contributed by atoms with Gasteiger partial charge >= 0.3 is 6.03 Å². The maximum absolute atomic E-state index is 10.6. The largest absolute Gasteiger partial charge is 0.352 e. The molecular weight excluding hydrogens is 501 g/mol.